The number of nitrogens with one attached hydrogen (secondary N) is 1. The lowest BCUT2D eigenvalue weighted by molar-refractivity contribution is -0.113. The molecule has 0 bridgehead atoms. The Labute approximate surface area is 188 Å². The fourth-order valence-electron chi connectivity index (χ4n) is 2.60. The van der Waals surface area contributed by atoms with Crippen molar-refractivity contribution in [1.82, 2.24) is 14.8 Å². The van der Waals surface area contributed by atoms with E-state index in [1.807, 2.05) is 17.6 Å². The lowest BCUT2D eigenvalue weighted by Crippen LogP contribution is -2.15. The van der Waals surface area contributed by atoms with Gasteiger partial charge in [-0.1, -0.05) is 58.7 Å². The summed E-state index contributed by atoms with van der Waals surface area (Å²) in [6.45, 7) is 6.16. The Kier molecular flexibility index (Phi) is 7.24. The molecule has 0 radical (unpaired) electrons. The molecule has 0 spiro atoms. The van der Waals surface area contributed by atoms with E-state index >= 15 is 0 Å². The van der Waals surface area contributed by atoms with Crippen LogP contribution in [0.5, 0.6) is 0 Å². The summed E-state index contributed by atoms with van der Waals surface area (Å²) in [5.74, 6) is 0.579. The van der Waals surface area contributed by atoms with Crippen molar-refractivity contribution < 1.29 is 4.79 Å². The summed E-state index contributed by atoms with van der Waals surface area (Å²) in [4.78, 5) is 12.4. The van der Waals surface area contributed by atoms with Crippen molar-refractivity contribution in [1.29, 1.82) is 0 Å². The van der Waals surface area contributed by atoms with Gasteiger partial charge < -0.3 is 5.32 Å². The molecule has 1 heterocycles. The van der Waals surface area contributed by atoms with E-state index < -0.39 is 0 Å². The van der Waals surface area contributed by atoms with Crippen LogP contribution in [0.3, 0.4) is 0 Å². The Morgan fingerprint density at radius 1 is 1.17 bits per heavy atom. The maximum Gasteiger partial charge on any atom is 0.234 e. The number of carbonyl (C=O) groups excluding carboxylic acids is 1. The van der Waals surface area contributed by atoms with Gasteiger partial charge in [0.15, 0.2) is 11.0 Å². The molecule has 0 unspecified atom stereocenters. The third kappa shape index (κ3) is 5.34. The molecule has 3 aromatic rings. The number of aromatic nitrogens is 3. The van der Waals surface area contributed by atoms with Gasteiger partial charge in [-0.15, -0.1) is 16.8 Å². The highest BCUT2D eigenvalue weighted by molar-refractivity contribution is 7.99. The maximum atomic E-state index is 12.4. The van der Waals surface area contributed by atoms with Crippen LogP contribution in [0.15, 0.2) is 54.2 Å². The molecule has 0 aliphatic carbocycles. The van der Waals surface area contributed by atoms with Gasteiger partial charge >= 0.3 is 0 Å². The predicted octanol–water partition coefficient (Wildman–Crippen LogP) is 6.13. The normalized spacial score (nSPS) is 10.8. The average molecular weight is 468 g/mol. The second kappa shape index (κ2) is 9.67. The first-order valence-electron chi connectivity index (χ1n) is 8.57. The van der Waals surface area contributed by atoms with Crippen molar-refractivity contribution in [2.24, 2.45) is 0 Å². The van der Waals surface area contributed by atoms with Crippen LogP contribution in [-0.4, -0.2) is 26.4 Å². The molecule has 0 fully saturated rings. The summed E-state index contributed by atoms with van der Waals surface area (Å²) in [7, 11) is 0. The number of hydrogen-bond acceptors (Lipinski definition) is 4. The number of carbonyl (C=O) groups is 1. The highest BCUT2D eigenvalue weighted by atomic mass is 35.5. The first-order chi connectivity index (χ1) is 13.9. The van der Waals surface area contributed by atoms with E-state index in [-0.39, 0.29) is 11.7 Å². The van der Waals surface area contributed by atoms with Gasteiger partial charge in [0, 0.05) is 27.8 Å². The monoisotopic (exact) mass is 466 g/mol. The Hall–Kier alpha value is -1.99. The van der Waals surface area contributed by atoms with E-state index in [2.05, 4.69) is 22.1 Å². The van der Waals surface area contributed by atoms with Crippen molar-refractivity contribution in [2.75, 3.05) is 11.1 Å². The zero-order valence-corrected chi connectivity index (χ0v) is 18.5. The van der Waals surface area contributed by atoms with E-state index in [1.54, 1.807) is 36.4 Å². The number of hydrogen-bond donors (Lipinski definition) is 1. The molecule has 1 aromatic heterocycles. The van der Waals surface area contributed by atoms with Gasteiger partial charge in [-0.05, 0) is 42.8 Å². The standard InChI is InChI=1S/C20H17Cl3N4OS/c1-3-8-27-19(15-7-6-13(21)9-16(15)23)25-26-20(27)29-11-18(28)24-17-10-14(22)5-4-12(17)2/h3-7,9-10H,1,8,11H2,2H3,(H,24,28). The Bertz CT molecular complexity index is 1070. The minimum Gasteiger partial charge on any atom is -0.325 e. The molecule has 0 aliphatic rings. The number of allylic oxidation sites excluding steroid dienone is 1. The number of nitrogens with zero attached hydrogens (tertiary/aromatic N) is 3. The smallest absolute Gasteiger partial charge is 0.234 e. The number of benzene rings is 2. The SMILES string of the molecule is C=CCn1c(SCC(=O)Nc2cc(Cl)ccc2C)nnc1-c1ccc(Cl)cc1Cl. The number of anilines is 1. The lowest BCUT2D eigenvalue weighted by atomic mass is 10.2. The van der Waals surface area contributed by atoms with Crippen LogP contribution in [0.2, 0.25) is 15.1 Å². The zero-order chi connectivity index (χ0) is 21.0. The summed E-state index contributed by atoms with van der Waals surface area (Å²) in [5.41, 5.74) is 2.32. The number of aryl methyl sites for hydroxylation is 1. The summed E-state index contributed by atoms with van der Waals surface area (Å²) in [6, 6.07) is 10.5. The van der Waals surface area contributed by atoms with Gasteiger partial charge in [0.1, 0.15) is 0 Å². The van der Waals surface area contributed by atoms with Gasteiger partial charge in [0.05, 0.1) is 10.8 Å². The van der Waals surface area contributed by atoms with E-state index in [1.165, 1.54) is 11.8 Å². The topological polar surface area (TPSA) is 59.8 Å². The van der Waals surface area contributed by atoms with Gasteiger partial charge in [-0.25, -0.2) is 0 Å². The third-order valence-electron chi connectivity index (χ3n) is 4.01. The quantitative estimate of drug-likeness (QED) is 0.335. The lowest BCUT2D eigenvalue weighted by Gasteiger charge is -2.10. The molecule has 0 saturated carbocycles. The van der Waals surface area contributed by atoms with Crippen LogP contribution in [0.25, 0.3) is 11.4 Å². The maximum absolute atomic E-state index is 12.4. The Balaban J connectivity index is 1.77. The summed E-state index contributed by atoms with van der Waals surface area (Å²) in [5, 5.41) is 13.5. The van der Waals surface area contributed by atoms with Gasteiger partial charge in [-0.2, -0.15) is 0 Å². The molecule has 0 saturated heterocycles. The first-order valence-corrected chi connectivity index (χ1v) is 10.7. The van der Waals surface area contributed by atoms with E-state index in [9.17, 15) is 4.79 Å². The summed E-state index contributed by atoms with van der Waals surface area (Å²) in [6.07, 6.45) is 1.73. The van der Waals surface area contributed by atoms with E-state index in [0.29, 0.717) is 43.8 Å². The van der Waals surface area contributed by atoms with Crippen molar-refractivity contribution in [3.63, 3.8) is 0 Å². The molecule has 3 rings (SSSR count). The largest absolute Gasteiger partial charge is 0.325 e. The zero-order valence-electron chi connectivity index (χ0n) is 15.5. The summed E-state index contributed by atoms with van der Waals surface area (Å²) >= 11 is 19.6. The number of thioether (sulfide) groups is 1. The molecule has 0 aliphatic heterocycles. The highest BCUT2D eigenvalue weighted by Crippen LogP contribution is 2.31. The fourth-order valence-corrected chi connectivity index (χ4v) is 4.02. The molecule has 150 valence electrons. The van der Waals surface area contributed by atoms with Gasteiger partial charge in [0.25, 0.3) is 0 Å². The molecule has 1 N–H and O–H groups in total. The van der Waals surface area contributed by atoms with Crippen LogP contribution >= 0.6 is 46.6 Å². The van der Waals surface area contributed by atoms with E-state index in [4.69, 9.17) is 34.8 Å². The fraction of sp³-hybridized carbons (Fsp3) is 0.150. The molecule has 2 aromatic carbocycles. The Morgan fingerprint density at radius 3 is 2.62 bits per heavy atom. The van der Waals surface area contributed by atoms with Crippen molar-refractivity contribution in [3.8, 4) is 11.4 Å². The minimum atomic E-state index is -0.167. The molecular formula is C20H17Cl3N4OS. The molecule has 5 nitrogen and oxygen atoms in total. The molecule has 1 amide bonds. The first kappa shape index (κ1) is 21.7. The number of rotatable bonds is 7. The second-order valence-corrected chi connectivity index (χ2v) is 8.35. The summed E-state index contributed by atoms with van der Waals surface area (Å²) < 4.78 is 1.85. The van der Waals surface area contributed by atoms with Crippen LogP contribution in [0, 0.1) is 6.92 Å². The van der Waals surface area contributed by atoms with Gasteiger partial charge in [-0.3, -0.25) is 9.36 Å². The average Bonchev–Trinajstić information content (AvgIpc) is 3.06. The predicted molar refractivity (Wildman–Crippen MR) is 121 cm³/mol. The molecule has 9 heteroatoms. The number of amides is 1. The van der Waals surface area contributed by atoms with Crippen LogP contribution < -0.4 is 5.32 Å². The van der Waals surface area contributed by atoms with Crippen molar-refractivity contribution in [3.05, 3.63) is 69.7 Å². The van der Waals surface area contributed by atoms with Crippen molar-refractivity contribution in [2.45, 2.75) is 18.6 Å². The minimum absolute atomic E-state index is 0.162. The van der Waals surface area contributed by atoms with Gasteiger partial charge in [0.2, 0.25) is 5.91 Å². The third-order valence-corrected chi connectivity index (χ3v) is 5.76. The molecular weight excluding hydrogens is 451 g/mol. The van der Waals surface area contributed by atoms with Crippen molar-refractivity contribution >= 4 is 58.2 Å². The van der Waals surface area contributed by atoms with Crippen LogP contribution in [-0.2, 0) is 11.3 Å². The van der Waals surface area contributed by atoms with Crippen LogP contribution in [0.1, 0.15) is 5.56 Å². The molecule has 0 atom stereocenters. The van der Waals surface area contributed by atoms with Crippen LogP contribution in [0.4, 0.5) is 5.69 Å². The van der Waals surface area contributed by atoms with E-state index in [0.717, 1.165) is 5.56 Å². The highest BCUT2D eigenvalue weighted by Gasteiger charge is 2.17. The number of halogens is 3. The Morgan fingerprint density at radius 2 is 1.90 bits per heavy atom. The molecule has 29 heavy (non-hydrogen) atoms. The second-order valence-electron chi connectivity index (χ2n) is 6.13.